The maximum absolute atomic E-state index is 12.2. The summed E-state index contributed by atoms with van der Waals surface area (Å²) < 4.78 is 24.3. The third kappa shape index (κ3) is 4.48. The van der Waals surface area contributed by atoms with Gasteiger partial charge < -0.3 is 5.11 Å². The van der Waals surface area contributed by atoms with Crippen molar-refractivity contribution in [2.24, 2.45) is 0 Å². The van der Waals surface area contributed by atoms with Crippen LogP contribution in [-0.4, -0.2) is 24.9 Å². The molecule has 1 aliphatic rings. The summed E-state index contributed by atoms with van der Waals surface area (Å²) in [6, 6.07) is 6.79. The van der Waals surface area contributed by atoms with Gasteiger partial charge in [-0.3, -0.25) is 0 Å². The van der Waals surface area contributed by atoms with Crippen molar-refractivity contribution in [3.05, 3.63) is 34.9 Å². The van der Waals surface area contributed by atoms with Gasteiger partial charge in [0.05, 0.1) is 17.1 Å². The fraction of sp³-hybridized carbons (Fsp3) is 0.571. The van der Waals surface area contributed by atoms with Crippen LogP contribution in [0.5, 0.6) is 0 Å². The van der Waals surface area contributed by atoms with Crippen molar-refractivity contribution in [3.63, 3.8) is 0 Å². The molecule has 0 saturated heterocycles. The Bertz CT molecular complexity index is 516. The Kier molecular flexibility index (Phi) is 4.54. The fourth-order valence-corrected chi connectivity index (χ4v) is 4.68. The van der Waals surface area contributed by atoms with Crippen LogP contribution in [0.4, 0.5) is 0 Å². The van der Waals surface area contributed by atoms with E-state index in [4.69, 9.17) is 11.6 Å². The topological polar surface area (TPSA) is 54.4 Å². The molecule has 0 amide bonds. The van der Waals surface area contributed by atoms with Crippen LogP contribution in [0.2, 0.25) is 5.02 Å². The van der Waals surface area contributed by atoms with Crippen LogP contribution < -0.4 is 0 Å². The minimum absolute atomic E-state index is 0.0352. The molecule has 2 rings (SSSR count). The lowest BCUT2D eigenvalue weighted by Crippen LogP contribution is -2.39. The van der Waals surface area contributed by atoms with Crippen molar-refractivity contribution in [2.75, 3.05) is 5.75 Å². The van der Waals surface area contributed by atoms with Crippen LogP contribution in [0.3, 0.4) is 0 Å². The predicted molar refractivity (Wildman–Crippen MR) is 77.0 cm³/mol. The molecule has 0 atom stereocenters. The van der Waals surface area contributed by atoms with Gasteiger partial charge in [-0.15, -0.1) is 0 Å². The first-order valence-electron chi connectivity index (χ1n) is 6.56. The molecule has 0 bridgehead atoms. The van der Waals surface area contributed by atoms with Gasteiger partial charge in [0.2, 0.25) is 0 Å². The second-order valence-electron chi connectivity index (χ2n) is 5.44. The van der Waals surface area contributed by atoms with Gasteiger partial charge in [-0.1, -0.05) is 43.0 Å². The van der Waals surface area contributed by atoms with Crippen molar-refractivity contribution < 1.29 is 13.5 Å². The second kappa shape index (κ2) is 5.81. The Morgan fingerprint density at radius 2 is 1.68 bits per heavy atom. The third-order valence-corrected chi connectivity index (χ3v) is 5.58. The zero-order chi connectivity index (χ0) is 13.9. The summed E-state index contributed by atoms with van der Waals surface area (Å²) >= 11 is 5.77. The predicted octanol–water partition coefficient (Wildman–Crippen LogP) is 2.95. The van der Waals surface area contributed by atoms with Gasteiger partial charge in [0.25, 0.3) is 0 Å². The lowest BCUT2D eigenvalue weighted by Gasteiger charge is -2.31. The molecule has 5 heteroatoms. The molecular weight excluding hydrogens is 284 g/mol. The van der Waals surface area contributed by atoms with Crippen LogP contribution in [0.25, 0.3) is 0 Å². The Hall–Kier alpha value is -0.580. The van der Waals surface area contributed by atoms with Gasteiger partial charge in [0.15, 0.2) is 9.84 Å². The summed E-state index contributed by atoms with van der Waals surface area (Å²) in [6.07, 6.45) is 4.08. The zero-order valence-corrected chi connectivity index (χ0v) is 12.4. The van der Waals surface area contributed by atoms with E-state index in [1.807, 2.05) is 0 Å². The van der Waals surface area contributed by atoms with E-state index >= 15 is 0 Å². The maximum atomic E-state index is 12.2. The van der Waals surface area contributed by atoms with Crippen LogP contribution in [0, 0.1) is 0 Å². The van der Waals surface area contributed by atoms with Gasteiger partial charge in [-0.05, 0) is 30.5 Å². The largest absolute Gasteiger partial charge is 0.389 e. The number of halogens is 1. The van der Waals surface area contributed by atoms with Crippen LogP contribution in [-0.2, 0) is 15.6 Å². The first kappa shape index (κ1) is 14.8. The van der Waals surface area contributed by atoms with E-state index in [9.17, 15) is 13.5 Å². The second-order valence-corrected chi connectivity index (χ2v) is 7.94. The molecule has 106 valence electrons. The summed E-state index contributed by atoms with van der Waals surface area (Å²) in [4.78, 5) is 0. The number of benzene rings is 1. The summed E-state index contributed by atoms with van der Waals surface area (Å²) in [5.41, 5.74) is -0.312. The number of hydrogen-bond acceptors (Lipinski definition) is 3. The van der Waals surface area contributed by atoms with Gasteiger partial charge in [0.1, 0.15) is 0 Å². The average Bonchev–Trinajstić information content (AvgIpc) is 2.31. The lowest BCUT2D eigenvalue weighted by molar-refractivity contribution is 0.0257. The van der Waals surface area contributed by atoms with Crippen molar-refractivity contribution in [2.45, 2.75) is 43.5 Å². The molecule has 1 fully saturated rings. The highest BCUT2D eigenvalue weighted by Crippen LogP contribution is 2.30. The number of sulfone groups is 1. The molecule has 1 aromatic rings. The summed E-state index contributed by atoms with van der Waals surface area (Å²) in [5, 5.41) is 10.9. The Morgan fingerprint density at radius 1 is 1.11 bits per heavy atom. The van der Waals surface area contributed by atoms with Crippen molar-refractivity contribution in [1.29, 1.82) is 0 Å². The van der Waals surface area contributed by atoms with E-state index in [1.54, 1.807) is 24.3 Å². The van der Waals surface area contributed by atoms with Gasteiger partial charge in [-0.25, -0.2) is 8.42 Å². The summed E-state index contributed by atoms with van der Waals surface area (Å²) in [7, 11) is -3.30. The molecule has 0 spiro atoms. The molecule has 0 unspecified atom stereocenters. The SMILES string of the molecule is O=S(=O)(Cc1ccc(Cl)cc1)CC1(O)CCCCC1. The molecular formula is C14H19ClO3S. The highest BCUT2D eigenvalue weighted by atomic mass is 35.5. The van der Waals surface area contributed by atoms with Gasteiger partial charge in [0, 0.05) is 5.02 Å². The van der Waals surface area contributed by atoms with Crippen LogP contribution in [0.15, 0.2) is 24.3 Å². The average molecular weight is 303 g/mol. The molecule has 1 saturated carbocycles. The van der Waals surface area contributed by atoms with E-state index in [2.05, 4.69) is 0 Å². The third-order valence-electron chi connectivity index (χ3n) is 3.57. The number of hydrogen-bond donors (Lipinski definition) is 1. The van der Waals surface area contributed by atoms with E-state index in [-0.39, 0.29) is 11.5 Å². The number of rotatable bonds is 4. The van der Waals surface area contributed by atoms with Gasteiger partial charge >= 0.3 is 0 Å². The standard InChI is InChI=1S/C14H19ClO3S/c15-13-6-4-12(5-7-13)10-19(17,18)11-14(16)8-2-1-3-9-14/h4-7,16H,1-3,8-11H2. The Balaban J connectivity index is 2.04. The molecule has 1 N–H and O–H groups in total. The van der Waals surface area contributed by atoms with Crippen LogP contribution in [0.1, 0.15) is 37.7 Å². The smallest absolute Gasteiger partial charge is 0.157 e. The quantitative estimate of drug-likeness (QED) is 0.930. The molecule has 3 nitrogen and oxygen atoms in total. The molecule has 19 heavy (non-hydrogen) atoms. The fourth-order valence-electron chi connectivity index (χ4n) is 2.65. The Labute approximate surface area is 119 Å². The van der Waals surface area contributed by atoms with Crippen molar-refractivity contribution in [3.8, 4) is 0 Å². The highest BCUT2D eigenvalue weighted by Gasteiger charge is 2.34. The maximum Gasteiger partial charge on any atom is 0.157 e. The highest BCUT2D eigenvalue weighted by molar-refractivity contribution is 7.90. The molecule has 1 aliphatic carbocycles. The number of aliphatic hydroxyl groups is 1. The van der Waals surface area contributed by atoms with Crippen LogP contribution >= 0.6 is 11.6 Å². The van der Waals surface area contributed by atoms with E-state index in [0.717, 1.165) is 19.3 Å². The first-order valence-corrected chi connectivity index (χ1v) is 8.76. The molecule has 0 aromatic heterocycles. The van der Waals surface area contributed by atoms with E-state index in [0.29, 0.717) is 23.4 Å². The Morgan fingerprint density at radius 3 is 2.26 bits per heavy atom. The summed E-state index contributed by atoms with van der Waals surface area (Å²) in [5.74, 6) is -0.172. The summed E-state index contributed by atoms with van der Waals surface area (Å²) in [6.45, 7) is 0. The molecule has 1 aromatic carbocycles. The van der Waals surface area contributed by atoms with E-state index in [1.165, 1.54) is 0 Å². The lowest BCUT2D eigenvalue weighted by atomic mass is 9.86. The molecule has 0 radical (unpaired) electrons. The normalized spacial score (nSPS) is 19.3. The zero-order valence-electron chi connectivity index (χ0n) is 10.8. The van der Waals surface area contributed by atoms with Crippen molar-refractivity contribution >= 4 is 21.4 Å². The van der Waals surface area contributed by atoms with Crippen molar-refractivity contribution in [1.82, 2.24) is 0 Å². The molecule has 0 heterocycles. The van der Waals surface area contributed by atoms with Gasteiger partial charge in [-0.2, -0.15) is 0 Å². The van der Waals surface area contributed by atoms with E-state index < -0.39 is 15.4 Å². The minimum Gasteiger partial charge on any atom is -0.389 e. The molecule has 0 aliphatic heterocycles. The minimum atomic E-state index is -3.30. The monoisotopic (exact) mass is 302 g/mol. The first-order chi connectivity index (χ1) is 8.89.